The van der Waals surface area contributed by atoms with Crippen LogP contribution in [0, 0.1) is 5.92 Å². The molecule has 0 aliphatic carbocycles. The van der Waals surface area contributed by atoms with Crippen LogP contribution in [-0.2, 0) is 4.79 Å². The first-order valence-corrected chi connectivity index (χ1v) is 8.32. The van der Waals surface area contributed by atoms with Crippen LogP contribution in [0.25, 0.3) is 0 Å². The van der Waals surface area contributed by atoms with E-state index in [2.05, 4.69) is 4.90 Å². The highest BCUT2D eigenvalue weighted by molar-refractivity contribution is 7.17. The van der Waals surface area contributed by atoms with Crippen LogP contribution in [0.1, 0.15) is 22.5 Å². The smallest absolute Gasteiger partial charge is 0.264 e. The second kappa shape index (κ2) is 5.94. The molecule has 5 nitrogen and oxygen atoms in total. The number of piperidine rings is 1. The van der Waals surface area contributed by atoms with Crippen LogP contribution >= 0.6 is 22.9 Å². The number of nitrogens with zero attached hydrogens (tertiary/aromatic N) is 2. The summed E-state index contributed by atoms with van der Waals surface area (Å²) in [5.41, 5.74) is 5.34. The van der Waals surface area contributed by atoms with Gasteiger partial charge >= 0.3 is 0 Å². The van der Waals surface area contributed by atoms with Crippen LogP contribution in [0.3, 0.4) is 0 Å². The Kier molecular flexibility index (Phi) is 4.19. The molecular formula is C14H18ClN3O2S. The van der Waals surface area contributed by atoms with E-state index in [9.17, 15) is 9.59 Å². The van der Waals surface area contributed by atoms with Gasteiger partial charge in [-0.3, -0.25) is 14.5 Å². The fourth-order valence-corrected chi connectivity index (χ4v) is 4.00. The van der Waals surface area contributed by atoms with Crippen molar-refractivity contribution in [3.63, 3.8) is 0 Å². The summed E-state index contributed by atoms with van der Waals surface area (Å²) < 4.78 is 0.643. The lowest BCUT2D eigenvalue weighted by atomic mass is 9.94. The molecule has 114 valence electrons. The number of thiophene rings is 1. The van der Waals surface area contributed by atoms with Crippen LogP contribution in [-0.4, -0.2) is 53.8 Å². The average Bonchev–Trinajstić information content (AvgIpc) is 2.84. The Hall–Kier alpha value is -1.11. The van der Waals surface area contributed by atoms with E-state index in [1.165, 1.54) is 11.3 Å². The van der Waals surface area contributed by atoms with Crippen molar-refractivity contribution in [2.45, 2.75) is 18.9 Å². The summed E-state index contributed by atoms with van der Waals surface area (Å²) >= 11 is 7.18. The molecule has 0 atom stereocenters. The van der Waals surface area contributed by atoms with E-state index in [1.807, 2.05) is 4.90 Å². The van der Waals surface area contributed by atoms with Crippen LogP contribution in [0.2, 0.25) is 4.34 Å². The summed E-state index contributed by atoms with van der Waals surface area (Å²) in [5, 5.41) is 0. The van der Waals surface area contributed by atoms with Gasteiger partial charge in [0.15, 0.2) is 0 Å². The number of carbonyl (C=O) groups is 2. The molecule has 0 radical (unpaired) electrons. The van der Waals surface area contributed by atoms with Crippen molar-refractivity contribution in [2.24, 2.45) is 11.7 Å². The maximum Gasteiger partial charge on any atom is 0.264 e. The molecule has 3 rings (SSSR count). The minimum Gasteiger partial charge on any atom is -0.369 e. The van der Waals surface area contributed by atoms with Crippen molar-refractivity contribution < 1.29 is 9.59 Å². The van der Waals surface area contributed by atoms with Crippen molar-refractivity contribution >= 4 is 34.8 Å². The molecule has 2 saturated heterocycles. The van der Waals surface area contributed by atoms with E-state index >= 15 is 0 Å². The highest BCUT2D eigenvalue weighted by Crippen LogP contribution is 2.27. The van der Waals surface area contributed by atoms with E-state index in [0.717, 1.165) is 39.0 Å². The minimum atomic E-state index is -0.186. The first kappa shape index (κ1) is 14.8. The molecule has 2 amide bonds. The molecule has 2 aliphatic heterocycles. The van der Waals surface area contributed by atoms with Crippen LogP contribution in [0.4, 0.5) is 0 Å². The normalized spacial score (nSPS) is 21.3. The molecule has 3 heterocycles. The van der Waals surface area contributed by atoms with Crippen LogP contribution in [0.5, 0.6) is 0 Å². The number of hydrogen-bond acceptors (Lipinski definition) is 4. The molecule has 7 heteroatoms. The Morgan fingerprint density at radius 2 is 1.90 bits per heavy atom. The highest BCUT2D eigenvalue weighted by atomic mass is 35.5. The highest BCUT2D eigenvalue weighted by Gasteiger charge is 2.37. The van der Waals surface area contributed by atoms with Crippen molar-refractivity contribution in [2.75, 3.05) is 26.2 Å². The predicted molar refractivity (Wildman–Crippen MR) is 82.5 cm³/mol. The number of primary amides is 1. The van der Waals surface area contributed by atoms with Gasteiger partial charge in [0.2, 0.25) is 5.91 Å². The van der Waals surface area contributed by atoms with Gasteiger partial charge in [0, 0.05) is 25.0 Å². The first-order valence-electron chi connectivity index (χ1n) is 7.12. The molecule has 0 spiro atoms. The molecule has 0 unspecified atom stereocenters. The third-order valence-corrected chi connectivity index (χ3v) is 5.60. The minimum absolute atomic E-state index is 0.0207. The number of hydrogen-bond donors (Lipinski definition) is 1. The van der Waals surface area contributed by atoms with Crippen molar-refractivity contribution in [1.29, 1.82) is 0 Å². The van der Waals surface area contributed by atoms with Gasteiger partial charge in [0.25, 0.3) is 5.91 Å². The molecular weight excluding hydrogens is 310 g/mol. The summed E-state index contributed by atoms with van der Waals surface area (Å²) in [6.07, 6.45) is 1.67. The fourth-order valence-electron chi connectivity index (χ4n) is 2.99. The van der Waals surface area contributed by atoms with Gasteiger partial charge in [-0.05, 0) is 38.1 Å². The summed E-state index contributed by atoms with van der Waals surface area (Å²) in [5.74, 6) is -0.0999. The molecule has 1 aromatic heterocycles. The summed E-state index contributed by atoms with van der Waals surface area (Å²) in [6.45, 7) is 3.31. The van der Waals surface area contributed by atoms with E-state index in [4.69, 9.17) is 17.3 Å². The SMILES string of the molecule is NC(=O)C1CCN(C2CN(C(=O)c3ccc(Cl)s3)C2)CC1. The van der Waals surface area contributed by atoms with Gasteiger partial charge in [-0.15, -0.1) is 11.3 Å². The van der Waals surface area contributed by atoms with Crippen LogP contribution < -0.4 is 5.73 Å². The largest absolute Gasteiger partial charge is 0.369 e. The second-order valence-corrected chi connectivity index (χ2v) is 7.40. The molecule has 2 aliphatic rings. The quantitative estimate of drug-likeness (QED) is 0.913. The summed E-state index contributed by atoms with van der Waals surface area (Å²) in [6, 6.07) is 3.95. The lowest BCUT2D eigenvalue weighted by Crippen LogP contribution is -2.62. The van der Waals surface area contributed by atoms with Crippen molar-refractivity contribution in [3.05, 3.63) is 21.3 Å². The number of nitrogens with two attached hydrogens (primary N) is 1. The standard InChI is InChI=1S/C14H18ClN3O2S/c15-12-2-1-11(21-12)14(20)18-7-10(8-18)17-5-3-9(4-6-17)13(16)19/h1-2,9-10H,3-8H2,(H2,16,19). The monoisotopic (exact) mass is 327 g/mol. The van der Waals surface area contributed by atoms with Gasteiger partial charge in [0.05, 0.1) is 9.21 Å². The van der Waals surface area contributed by atoms with Crippen molar-refractivity contribution in [3.8, 4) is 0 Å². The first-order chi connectivity index (χ1) is 10.0. The second-order valence-electron chi connectivity index (χ2n) is 5.68. The molecule has 0 saturated carbocycles. The van der Waals surface area contributed by atoms with Gasteiger partial charge < -0.3 is 10.6 Å². The van der Waals surface area contributed by atoms with Crippen molar-refractivity contribution in [1.82, 2.24) is 9.80 Å². The third-order valence-electron chi connectivity index (χ3n) is 4.38. The maximum absolute atomic E-state index is 12.2. The maximum atomic E-state index is 12.2. The van der Waals surface area contributed by atoms with E-state index in [0.29, 0.717) is 15.3 Å². The van der Waals surface area contributed by atoms with Gasteiger partial charge in [-0.1, -0.05) is 11.6 Å². The number of rotatable bonds is 3. The number of carbonyl (C=O) groups excluding carboxylic acids is 2. The van der Waals surface area contributed by atoms with Crippen LogP contribution in [0.15, 0.2) is 12.1 Å². The lowest BCUT2D eigenvalue weighted by Gasteiger charge is -2.47. The Bertz CT molecular complexity index is 548. The Labute approximate surface area is 132 Å². The summed E-state index contributed by atoms with van der Waals surface area (Å²) in [4.78, 5) is 28.3. The zero-order chi connectivity index (χ0) is 15.0. The molecule has 1 aromatic rings. The molecule has 2 N–H and O–H groups in total. The summed E-state index contributed by atoms with van der Waals surface area (Å²) in [7, 11) is 0. The zero-order valence-corrected chi connectivity index (χ0v) is 13.2. The number of amides is 2. The Morgan fingerprint density at radius 3 is 2.43 bits per heavy atom. The predicted octanol–water partition coefficient (Wildman–Crippen LogP) is 1.42. The van der Waals surface area contributed by atoms with Gasteiger partial charge in [-0.2, -0.15) is 0 Å². The van der Waals surface area contributed by atoms with Gasteiger partial charge in [-0.25, -0.2) is 0 Å². The molecule has 21 heavy (non-hydrogen) atoms. The average molecular weight is 328 g/mol. The Morgan fingerprint density at radius 1 is 1.24 bits per heavy atom. The fraction of sp³-hybridized carbons (Fsp3) is 0.571. The van der Waals surface area contributed by atoms with E-state index in [1.54, 1.807) is 12.1 Å². The zero-order valence-electron chi connectivity index (χ0n) is 11.6. The van der Waals surface area contributed by atoms with E-state index in [-0.39, 0.29) is 17.7 Å². The molecule has 2 fully saturated rings. The number of likely N-dealkylation sites (tertiary alicyclic amines) is 2. The molecule has 0 aromatic carbocycles. The lowest BCUT2D eigenvalue weighted by molar-refractivity contribution is -0.123. The Balaban J connectivity index is 1.48. The number of halogens is 1. The van der Waals surface area contributed by atoms with Gasteiger partial charge in [0.1, 0.15) is 0 Å². The topological polar surface area (TPSA) is 66.6 Å². The van der Waals surface area contributed by atoms with E-state index < -0.39 is 0 Å². The molecule has 0 bridgehead atoms. The third kappa shape index (κ3) is 3.07.